The molecule has 0 aliphatic heterocycles. The highest BCUT2D eigenvalue weighted by atomic mass is 32.1. The fourth-order valence-corrected chi connectivity index (χ4v) is 1.98. The first-order valence-corrected chi connectivity index (χ1v) is 6.40. The van der Waals surface area contributed by atoms with Crippen molar-refractivity contribution in [1.82, 2.24) is 10.2 Å². The Morgan fingerprint density at radius 1 is 1.44 bits per heavy atom. The predicted octanol–water partition coefficient (Wildman–Crippen LogP) is 1.56. The third kappa shape index (κ3) is 4.67. The summed E-state index contributed by atoms with van der Waals surface area (Å²) in [4.78, 5) is 11.4. The van der Waals surface area contributed by atoms with E-state index in [4.69, 9.17) is 5.73 Å². The summed E-state index contributed by atoms with van der Waals surface area (Å²) in [6.07, 6.45) is 4.33. The molecule has 1 amide bonds. The van der Waals surface area contributed by atoms with Crippen LogP contribution in [0.4, 0.5) is 5.13 Å². The summed E-state index contributed by atoms with van der Waals surface area (Å²) in [5.41, 5.74) is 5.32. The van der Waals surface area contributed by atoms with E-state index in [1.165, 1.54) is 11.3 Å². The lowest BCUT2D eigenvalue weighted by Gasteiger charge is -1.98. The minimum Gasteiger partial charge on any atom is -0.330 e. The normalized spacial score (nSPS) is 10.4. The summed E-state index contributed by atoms with van der Waals surface area (Å²) < 4.78 is 0. The Hall–Kier alpha value is -1.01. The van der Waals surface area contributed by atoms with Crippen LogP contribution in [0.25, 0.3) is 0 Å². The zero-order valence-electron chi connectivity index (χ0n) is 9.53. The first-order chi connectivity index (χ1) is 7.76. The Bertz CT molecular complexity index is 326. The van der Waals surface area contributed by atoms with Gasteiger partial charge in [-0.25, -0.2) is 0 Å². The zero-order chi connectivity index (χ0) is 11.8. The lowest BCUT2D eigenvalue weighted by Crippen LogP contribution is -2.13. The molecule has 0 unspecified atom stereocenters. The molecule has 0 bridgehead atoms. The lowest BCUT2D eigenvalue weighted by atomic mass is 10.3. The molecule has 0 radical (unpaired) electrons. The first-order valence-electron chi connectivity index (χ1n) is 5.58. The van der Waals surface area contributed by atoms with E-state index < -0.39 is 0 Å². The van der Waals surface area contributed by atoms with Gasteiger partial charge in [-0.3, -0.25) is 4.79 Å². The maximum absolute atomic E-state index is 11.4. The van der Waals surface area contributed by atoms with Gasteiger partial charge in [0.15, 0.2) is 0 Å². The number of hydrogen-bond acceptors (Lipinski definition) is 5. The fraction of sp³-hybridized carbons (Fsp3) is 0.700. The lowest BCUT2D eigenvalue weighted by molar-refractivity contribution is -0.116. The second kappa shape index (κ2) is 7.29. The van der Waals surface area contributed by atoms with Crippen LogP contribution in [-0.2, 0) is 11.2 Å². The van der Waals surface area contributed by atoms with Crippen molar-refractivity contribution in [2.24, 2.45) is 5.73 Å². The van der Waals surface area contributed by atoms with Crippen molar-refractivity contribution < 1.29 is 4.79 Å². The average molecular weight is 242 g/mol. The minimum atomic E-state index is -0.0383. The van der Waals surface area contributed by atoms with E-state index in [0.29, 0.717) is 24.5 Å². The fourth-order valence-electron chi connectivity index (χ4n) is 1.18. The number of anilines is 1. The molecule has 3 N–H and O–H groups in total. The molecule has 0 aromatic carbocycles. The maximum Gasteiger partial charge on any atom is 0.226 e. The molecule has 90 valence electrons. The number of nitrogens with zero attached hydrogens (tertiary/aromatic N) is 2. The van der Waals surface area contributed by atoms with Crippen molar-refractivity contribution in [3.63, 3.8) is 0 Å². The van der Waals surface area contributed by atoms with Gasteiger partial charge in [0.2, 0.25) is 11.0 Å². The Morgan fingerprint density at radius 3 is 2.94 bits per heavy atom. The molecule has 0 aliphatic carbocycles. The molecule has 0 atom stereocenters. The van der Waals surface area contributed by atoms with Crippen LogP contribution in [0.2, 0.25) is 0 Å². The quantitative estimate of drug-likeness (QED) is 0.760. The summed E-state index contributed by atoms with van der Waals surface area (Å²) >= 11 is 1.45. The Kier molecular flexibility index (Phi) is 5.95. The van der Waals surface area contributed by atoms with Crippen LogP contribution in [-0.4, -0.2) is 22.6 Å². The van der Waals surface area contributed by atoms with Crippen LogP contribution in [0.5, 0.6) is 0 Å². The number of rotatable bonds is 7. The number of hydrogen-bond donors (Lipinski definition) is 2. The van der Waals surface area contributed by atoms with Crippen LogP contribution in [0, 0.1) is 0 Å². The highest BCUT2D eigenvalue weighted by Gasteiger charge is 2.07. The third-order valence-electron chi connectivity index (χ3n) is 2.07. The number of carbonyl (C=O) groups excluding carboxylic acids is 1. The number of amides is 1. The van der Waals surface area contributed by atoms with Crippen LogP contribution in [0.3, 0.4) is 0 Å². The topological polar surface area (TPSA) is 80.9 Å². The van der Waals surface area contributed by atoms with E-state index in [1.807, 2.05) is 0 Å². The molecule has 16 heavy (non-hydrogen) atoms. The molecular weight excluding hydrogens is 224 g/mol. The minimum absolute atomic E-state index is 0.0383. The van der Waals surface area contributed by atoms with Gasteiger partial charge in [0, 0.05) is 12.8 Å². The highest BCUT2D eigenvalue weighted by molar-refractivity contribution is 7.15. The second-order valence-corrected chi connectivity index (χ2v) is 4.61. The predicted molar refractivity (Wildman–Crippen MR) is 65.4 cm³/mol. The van der Waals surface area contributed by atoms with Crippen LogP contribution >= 0.6 is 11.3 Å². The van der Waals surface area contributed by atoms with Gasteiger partial charge >= 0.3 is 0 Å². The summed E-state index contributed by atoms with van der Waals surface area (Å²) in [5, 5.41) is 12.2. The molecule has 0 aliphatic rings. The summed E-state index contributed by atoms with van der Waals surface area (Å²) in [6, 6.07) is 0. The van der Waals surface area contributed by atoms with Crippen molar-refractivity contribution in [3.8, 4) is 0 Å². The number of aryl methyl sites for hydroxylation is 1. The van der Waals surface area contributed by atoms with E-state index in [9.17, 15) is 4.79 Å². The van der Waals surface area contributed by atoms with Gasteiger partial charge in [-0.2, -0.15) is 0 Å². The summed E-state index contributed by atoms with van der Waals surface area (Å²) in [6.45, 7) is 2.67. The molecule has 5 nitrogen and oxygen atoms in total. The first kappa shape index (κ1) is 13.1. The van der Waals surface area contributed by atoms with Crippen LogP contribution in [0.1, 0.15) is 37.6 Å². The van der Waals surface area contributed by atoms with Gasteiger partial charge in [0.1, 0.15) is 5.01 Å². The molecule has 0 saturated heterocycles. The van der Waals surface area contributed by atoms with Crippen molar-refractivity contribution in [2.75, 3.05) is 11.9 Å². The number of carbonyl (C=O) groups is 1. The van der Waals surface area contributed by atoms with E-state index >= 15 is 0 Å². The van der Waals surface area contributed by atoms with Crippen molar-refractivity contribution in [2.45, 2.75) is 39.0 Å². The number of aromatic nitrogens is 2. The van der Waals surface area contributed by atoms with E-state index in [2.05, 4.69) is 22.4 Å². The van der Waals surface area contributed by atoms with Gasteiger partial charge in [-0.05, 0) is 19.4 Å². The standard InChI is InChI=1S/C10H18N4OS/c1-2-3-6-9-13-14-10(16-9)12-8(15)5-4-7-11/h2-7,11H2,1H3,(H,12,14,15). The Labute approximate surface area is 99.5 Å². The Morgan fingerprint density at radius 2 is 2.25 bits per heavy atom. The Balaban J connectivity index is 2.36. The second-order valence-electron chi connectivity index (χ2n) is 3.54. The average Bonchev–Trinajstić information content (AvgIpc) is 2.71. The van der Waals surface area contributed by atoms with Gasteiger partial charge < -0.3 is 11.1 Å². The number of unbranched alkanes of at least 4 members (excludes halogenated alkanes) is 1. The van der Waals surface area contributed by atoms with Gasteiger partial charge in [0.05, 0.1) is 0 Å². The van der Waals surface area contributed by atoms with Crippen molar-refractivity contribution in [3.05, 3.63) is 5.01 Å². The van der Waals surface area contributed by atoms with E-state index in [0.717, 1.165) is 24.3 Å². The molecule has 0 spiro atoms. The summed E-state index contributed by atoms with van der Waals surface area (Å²) in [5.74, 6) is -0.0383. The van der Waals surface area contributed by atoms with Gasteiger partial charge in [-0.15, -0.1) is 10.2 Å². The molecule has 6 heteroatoms. The van der Waals surface area contributed by atoms with Crippen molar-refractivity contribution in [1.29, 1.82) is 0 Å². The number of nitrogens with one attached hydrogen (secondary N) is 1. The molecule has 1 heterocycles. The summed E-state index contributed by atoms with van der Waals surface area (Å²) in [7, 11) is 0. The highest BCUT2D eigenvalue weighted by Crippen LogP contribution is 2.17. The smallest absolute Gasteiger partial charge is 0.226 e. The van der Waals surface area contributed by atoms with Gasteiger partial charge in [0.25, 0.3) is 0 Å². The molecule has 1 aromatic heterocycles. The molecule has 0 fully saturated rings. The maximum atomic E-state index is 11.4. The van der Waals surface area contributed by atoms with E-state index in [1.54, 1.807) is 0 Å². The molecule has 0 saturated carbocycles. The molecular formula is C10H18N4OS. The SMILES string of the molecule is CCCCc1nnc(NC(=O)CCCN)s1. The third-order valence-corrected chi connectivity index (χ3v) is 2.96. The largest absolute Gasteiger partial charge is 0.330 e. The van der Waals surface area contributed by atoms with Crippen LogP contribution < -0.4 is 11.1 Å². The van der Waals surface area contributed by atoms with Crippen LogP contribution in [0.15, 0.2) is 0 Å². The molecule has 1 aromatic rings. The monoisotopic (exact) mass is 242 g/mol. The zero-order valence-corrected chi connectivity index (χ0v) is 10.3. The molecule has 1 rings (SSSR count). The van der Waals surface area contributed by atoms with Gasteiger partial charge in [-0.1, -0.05) is 24.7 Å². The van der Waals surface area contributed by atoms with Crippen molar-refractivity contribution >= 4 is 22.4 Å². The van der Waals surface area contributed by atoms with E-state index in [-0.39, 0.29) is 5.91 Å². The number of nitrogens with two attached hydrogens (primary N) is 1.